The molecule has 1 atom stereocenters. The van der Waals surface area contributed by atoms with Crippen molar-refractivity contribution in [3.05, 3.63) is 68.2 Å². The van der Waals surface area contributed by atoms with Crippen LogP contribution in [0.1, 0.15) is 35.8 Å². The molecule has 0 saturated carbocycles. The second-order valence-corrected chi connectivity index (χ2v) is 6.04. The maximum atomic E-state index is 12.4. The Morgan fingerprint density at radius 3 is 2.54 bits per heavy atom. The van der Waals surface area contributed by atoms with Crippen molar-refractivity contribution in [2.24, 2.45) is 0 Å². The fraction of sp³-hybridized carbons (Fsp3) is 0.235. The molecular weight excluding hydrogens is 376 g/mol. The van der Waals surface area contributed by atoms with Gasteiger partial charge < -0.3 is 10.1 Å². The first-order chi connectivity index (χ1) is 11.4. The van der Waals surface area contributed by atoms with Crippen molar-refractivity contribution in [1.29, 1.82) is 0 Å². The first-order valence-corrected chi connectivity index (χ1v) is 8.19. The third kappa shape index (κ3) is 4.32. The standard InChI is InChI=1S/C17H17BrN2O4/c1-3-24-16-9-6-13(10-15(16)20(22)23)17(21)19-11(2)12-4-7-14(18)8-5-12/h4-11H,3H2,1-2H3,(H,19,21)/t11-/m1/s1. The van der Waals surface area contributed by atoms with E-state index >= 15 is 0 Å². The monoisotopic (exact) mass is 392 g/mol. The molecule has 24 heavy (non-hydrogen) atoms. The summed E-state index contributed by atoms with van der Waals surface area (Å²) in [5, 5.41) is 14.0. The molecule has 0 aliphatic rings. The van der Waals surface area contributed by atoms with Crippen molar-refractivity contribution >= 4 is 27.5 Å². The van der Waals surface area contributed by atoms with E-state index in [4.69, 9.17) is 4.74 Å². The largest absolute Gasteiger partial charge is 0.487 e. The van der Waals surface area contributed by atoms with Gasteiger partial charge in [0.15, 0.2) is 5.75 Å². The number of halogens is 1. The lowest BCUT2D eigenvalue weighted by Gasteiger charge is -2.15. The van der Waals surface area contributed by atoms with Gasteiger partial charge in [0.1, 0.15) is 0 Å². The molecule has 1 N–H and O–H groups in total. The molecule has 0 unspecified atom stereocenters. The van der Waals surface area contributed by atoms with E-state index in [1.807, 2.05) is 31.2 Å². The van der Waals surface area contributed by atoms with Gasteiger partial charge in [-0.2, -0.15) is 0 Å². The van der Waals surface area contributed by atoms with Crippen molar-refractivity contribution in [2.45, 2.75) is 19.9 Å². The number of hydrogen-bond acceptors (Lipinski definition) is 4. The molecule has 6 nitrogen and oxygen atoms in total. The van der Waals surface area contributed by atoms with Gasteiger partial charge in [-0.3, -0.25) is 14.9 Å². The maximum absolute atomic E-state index is 12.4. The zero-order chi connectivity index (χ0) is 17.7. The van der Waals surface area contributed by atoms with Gasteiger partial charge >= 0.3 is 5.69 Å². The van der Waals surface area contributed by atoms with Crippen LogP contribution in [0.3, 0.4) is 0 Å². The minimum Gasteiger partial charge on any atom is -0.487 e. The molecule has 0 aliphatic heterocycles. The van der Waals surface area contributed by atoms with Crippen LogP contribution in [0.4, 0.5) is 5.69 Å². The number of hydrogen-bond donors (Lipinski definition) is 1. The third-order valence-corrected chi connectivity index (χ3v) is 3.96. The Morgan fingerprint density at radius 2 is 1.96 bits per heavy atom. The van der Waals surface area contributed by atoms with Crippen LogP contribution in [0, 0.1) is 10.1 Å². The Bertz CT molecular complexity index is 747. The number of nitrogens with one attached hydrogen (secondary N) is 1. The van der Waals surface area contributed by atoms with E-state index in [0.717, 1.165) is 10.0 Å². The summed E-state index contributed by atoms with van der Waals surface area (Å²) in [7, 11) is 0. The Hall–Kier alpha value is -2.41. The number of carbonyl (C=O) groups excluding carboxylic acids is 1. The lowest BCUT2D eigenvalue weighted by molar-refractivity contribution is -0.385. The normalized spacial score (nSPS) is 11.6. The summed E-state index contributed by atoms with van der Waals surface area (Å²) < 4.78 is 6.17. The van der Waals surface area contributed by atoms with E-state index in [9.17, 15) is 14.9 Å². The summed E-state index contributed by atoms with van der Waals surface area (Å²) in [6, 6.07) is 11.5. The molecule has 2 aromatic carbocycles. The summed E-state index contributed by atoms with van der Waals surface area (Å²) in [5.74, 6) is -0.225. The number of ether oxygens (including phenoxy) is 1. The van der Waals surface area contributed by atoms with Crippen LogP contribution in [0.5, 0.6) is 5.75 Å². The van der Waals surface area contributed by atoms with Gasteiger partial charge in [-0.25, -0.2) is 0 Å². The molecule has 0 aromatic heterocycles. The lowest BCUT2D eigenvalue weighted by atomic mass is 10.1. The first-order valence-electron chi connectivity index (χ1n) is 7.40. The van der Waals surface area contributed by atoms with E-state index in [1.54, 1.807) is 6.92 Å². The van der Waals surface area contributed by atoms with Gasteiger partial charge in [0.25, 0.3) is 5.91 Å². The number of nitro groups is 1. The van der Waals surface area contributed by atoms with Crippen LogP contribution < -0.4 is 10.1 Å². The summed E-state index contributed by atoms with van der Waals surface area (Å²) >= 11 is 3.36. The molecule has 0 heterocycles. The molecule has 0 aliphatic carbocycles. The van der Waals surface area contributed by atoms with Gasteiger partial charge in [0.2, 0.25) is 0 Å². The Morgan fingerprint density at radius 1 is 1.29 bits per heavy atom. The molecule has 0 spiro atoms. The predicted molar refractivity (Wildman–Crippen MR) is 94.3 cm³/mol. The highest BCUT2D eigenvalue weighted by atomic mass is 79.9. The molecule has 0 radical (unpaired) electrons. The lowest BCUT2D eigenvalue weighted by Crippen LogP contribution is -2.26. The van der Waals surface area contributed by atoms with E-state index < -0.39 is 4.92 Å². The second-order valence-electron chi connectivity index (χ2n) is 5.12. The van der Waals surface area contributed by atoms with Gasteiger partial charge in [0.05, 0.1) is 17.6 Å². The van der Waals surface area contributed by atoms with Crippen LogP contribution in [0.25, 0.3) is 0 Å². The Labute approximate surface area is 148 Å². The SMILES string of the molecule is CCOc1ccc(C(=O)N[C@H](C)c2ccc(Br)cc2)cc1[N+](=O)[O-]. The highest BCUT2D eigenvalue weighted by Gasteiger charge is 2.19. The topological polar surface area (TPSA) is 81.5 Å². The summed E-state index contributed by atoms with van der Waals surface area (Å²) in [6.45, 7) is 3.90. The zero-order valence-corrected chi connectivity index (χ0v) is 14.9. The summed E-state index contributed by atoms with van der Waals surface area (Å²) in [4.78, 5) is 22.9. The number of amides is 1. The first kappa shape index (κ1) is 17.9. The Kier molecular flexibility index (Phi) is 5.92. The van der Waals surface area contributed by atoms with Crippen molar-refractivity contribution in [3.63, 3.8) is 0 Å². The van der Waals surface area contributed by atoms with Crippen molar-refractivity contribution in [3.8, 4) is 5.75 Å². The van der Waals surface area contributed by atoms with Gasteiger partial charge in [0, 0.05) is 16.1 Å². The fourth-order valence-corrected chi connectivity index (χ4v) is 2.46. The van der Waals surface area contributed by atoms with Gasteiger partial charge in [-0.1, -0.05) is 28.1 Å². The highest BCUT2D eigenvalue weighted by Crippen LogP contribution is 2.28. The predicted octanol–water partition coefficient (Wildman–Crippen LogP) is 4.25. The molecule has 2 rings (SSSR count). The summed E-state index contributed by atoms with van der Waals surface area (Å²) in [6.07, 6.45) is 0. The van der Waals surface area contributed by atoms with Crippen molar-refractivity contribution < 1.29 is 14.5 Å². The maximum Gasteiger partial charge on any atom is 0.311 e. The average molecular weight is 393 g/mol. The smallest absolute Gasteiger partial charge is 0.311 e. The molecule has 126 valence electrons. The van der Waals surface area contributed by atoms with Crippen LogP contribution in [0.2, 0.25) is 0 Å². The molecule has 2 aromatic rings. The van der Waals surface area contributed by atoms with Gasteiger partial charge in [-0.15, -0.1) is 0 Å². The van der Waals surface area contributed by atoms with Crippen LogP contribution in [0.15, 0.2) is 46.9 Å². The van der Waals surface area contributed by atoms with E-state index in [1.165, 1.54) is 18.2 Å². The van der Waals surface area contributed by atoms with E-state index in [2.05, 4.69) is 21.2 Å². The quantitative estimate of drug-likeness (QED) is 0.588. The second kappa shape index (κ2) is 7.92. The van der Waals surface area contributed by atoms with Gasteiger partial charge in [-0.05, 0) is 43.7 Å². The minimum atomic E-state index is -0.556. The Balaban J connectivity index is 2.18. The fourth-order valence-electron chi connectivity index (χ4n) is 2.19. The number of nitro benzene ring substituents is 1. The number of carbonyl (C=O) groups is 1. The van der Waals surface area contributed by atoms with E-state index in [0.29, 0.717) is 6.61 Å². The number of nitrogens with zero attached hydrogens (tertiary/aromatic N) is 1. The molecule has 0 saturated heterocycles. The van der Waals surface area contributed by atoms with Crippen LogP contribution in [-0.2, 0) is 0 Å². The molecule has 0 fully saturated rings. The number of benzene rings is 2. The molecule has 7 heteroatoms. The molecule has 1 amide bonds. The minimum absolute atomic E-state index is 0.153. The van der Waals surface area contributed by atoms with Crippen molar-refractivity contribution in [1.82, 2.24) is 5.32 Å². The van der Waals surface area contributed by atoms with E-state index in [-0.39, 0.29) is 28.9 Å². The zero-order valence-electron chi connectivity index (χ0n) is 13.3. The summed E-state index contributed by atoms with van der Waals surface area (Å²) in [5.41, 5.74) is 0.932. The third-order valence-electron chi connectivity index (χ3n) is 3.44. The van der Waals surface area contributed by atoms with Crippen LogP contribution >= 0.6 is 15.9 Å². The van der Waals surface area contributed by atoms with Crippen molar-refractivity contribution in [2.75, 3.05) is 6.61 Å². The number of rotatable bonds is 6. The average Bonchev–Trinajstić information content (AvgIpc) is 2.55. The molecular formula is C17H17BrN2O4. The highest BCUT2D eigenvalue weighted by molar-refractivity contribution is 9.10. The molecule has 0 bridgehead atoms. The van der Waals surface area contributed by atoms with Crippen LogP contribution in [-0.4, -0.2) is 17.4 Å².